The number of hydrogen-bond donors (Lipinski definition) is 1. The van der Waals surface area contributed by atoms with Gasteiger partial charge < -0.3 is 5.11 Å². The van der Waals surface area contributed by atoms with Crippen molar-refractivity contribution in [2.24, 2.45) is 0 Å². The summed E-state index contributed by atoms with van der Waals surface area (Å²) in [5.41, 5.74) is 0.301. The number of anilines is 4. The van der Waals surface area contributed by atoms with Gasteiger partial charge in [-0.15, -0.1) is 0 Å². The number of aliphatic hydroxyl groups is 1. The van der Waals surface area contributed by atoms with Crippen LogP contribution in [0.4, 0.5) is 32.3 Å². The number of amides is 5. The average Bonchev–Trinajstić information content (AvgIpc) is 3.40. The standard InChI is InChI=1S/C24H22Cl2N2O2.C17H14Cl2N2O2/c1-16-5-4-6-17(15-16)24(30)23(2,3)27(20-11-7-18(25)8-12-20)22(29)28(24)21-13-9-19(26)10-14-21;1-17(2)15(22)20(13-7-3-11(18)4-8-13)16(23)21(17)14-9-5-12(19)6-10-14/h4-15,30H,1-3H3;3-10H,1-2H3. The molecule has 0 bridgehead atoms. The first-order chi connectivity index (χ1) is 25.0. The quantitative estimate of drug-likeness (QED) is 0.180. The van der Waals surface area contributed by atoms with Crippen molar-refractivity contribution < 1.29 is 19.5 Å². The van der Waals surface area contributed by atoms with Gasteiger partial charge in [-0.3, -0.25) is 19.5 Å². The van der Waals surface area contributed by atoms with Crippen LogP contribution in [-0.4, -0.2) is 34.2 Å². The largest absolute Gasteiger partial charge is 0.365 e. The van der Waals surface area contributed by atoms with Crippen molar-refractivity contribution in [3.8, 4) is 0 Å². The molecule has 12 heteroatoms. The second-order valence-electron chi connectivity index (χ2n) is 13.8. The molecule has 1 unspecified atom stereocenters. The molecule has 0 radical (unpaired) electrons. The molecule has 0 saturated carbocycles. The maximum atomic E-state index is 13.8. The van der Waals surface area contributed by atoms with E-state index in [1.165, 1.54) is 14.7 Å². The number of carbonyl (C=O) groups excluding carboxylic acids is 3. The molecule has 1 N–H and O–H groups in total. The molecule has 5 amide bonds. The molecule has 0 aromatic heterocycles. The van der Waals surface area contributed by atoms with E-state index in [4.69, 9.17) is 46.4 Å². The molecule has 8 nitrogen and oxygen atoms in total. The number of rotatable bonds is 5. The molecule has 5 aromatic carbocycles. The van der Waals surface area contributed by atoms with Gasteiger partial charge in [0.05, 0.1) is 11.2 Å². The van der Waals surface area contributed by atoms with Gasteiger partial charge in [0.1, 0.15) is 5.54 Å². The van der Waals surface area contributed by atoms with E-state index in [0.29, 0.717) is 48.4 Å². The molecule has 2 aliphatic heterocycles. The Morgan fingerprint density at radius 1 is 0.509 bits per heavy atom. The summed E-state index contributed by atoms with van der Waals surface area (Å²) in [7, 11) is 0. The number of nitrogens with zero attached hydrogens (tertiary/aromatic N) is 4. The van der Waals surface area contributed by atoms with Crippen molar-refractivity contribution >= 4 is 87.1 Å². The summed E-state index contributed by atoms with van der Waals surface area (Å²) in [6.07, 6.45) is 0. The Labute approximate surface area is 328 Å². The first kappa shape index (κ1) is 38.2. The number of benzene rings is 5. The molecule has 0 aliphatic carbocycles. The normalized spacial score (nSPS) is 19.1. The van der Waals surface area contributed by atoms with Gasteiger partial charge in [-0.2, -0.15) is 0 Å². The average molecular weight is 791 g/mol. The van der Waals surface area contributed by atoms with Crippen LogP contribution in [0.15, 0.2) is 121 Å². The summed E-state index contributed by atoms with van der Waals surface area (Å²) >= 11 is 23.9. The number of hydrogen-bond acceptors (Lipinski definition) is 4. The SMILES string of the molecule is CC1(C)C(=O)N(c2ccc(Cl)cc2)C(=O)N1c1ccc(Cl)cc1.Cc1cccc(C2(O)N(c3ccc(Cl)cc3)C(=O)N(c3ccc(Cl)cc3)C2(C)C)c1. The van der Waals surface area contributed by atoms with Crippen LogP contribution in [0.1, 0.15) is 38.8 Å². The van der Waals surface area contributed by atoms with Crippen LogP contribution in [0.25, 0.3) is 0 Å². The summed E-state index contributed by atoms with van der Waals surface area (Å²) in [5.74, 6) is -0.292. The highest BCUT2D eigenvalue weighted by Gasteiger charge is 2.64. The van der Waals surface area contributed by atoms with Crippen molar-refractivity contribution in [1.82, 2.24) is 0 Å². The lowest BCUT2D eigenvalue weighted by atomic mass is 9.83. The van der Waals surface area contributed by atoms with Crippen LogP contribution in [0.3, 0.4) is 0 Å². The van der Waals surface area contributed by atoms with E-state index in [0.717, 1.165) is 5.56 Å². The van der Waals surface area contributed by atoms with Crippen molar-refractivity contribution in [3.63, 3.8) is 0 Å². The van der Waals surface area contributed by atoms with E-state index in [-0.39, 0.29) is 11.9 Å². The van der Waals surface area contributed by atoms with E-state index in [9.17, 15) is 19.5 Å². The maximum absolute atomic E-state index is 13.8. The molecule has 2 aliphatic rings. The Bertz CT molecular complexity index is 2180. The van der Waals surface area contributed by atoms with E-state index in [1.54, 1.807) is 116 Å². The molecule has 2 saturated heterocycles. The smallest absolute Gasteiger partial charge is 0.336 e. The molecule has 1 atom stereocenters. The number of aryl methyl sites for hydroxylation is 1. The minimum Gasteiger partial charge on any atom is -0.365 e. The van der Waals surface area contributed by atoms with Gasteiger partial charge in [0.15, 0.2) is 5.72 Å². The van der Waals surface area contributed by atoms with E-state index in [1.807, 2.05) is 45.0 Å². The Morgan fingerprint density at radius 3 is 1.34 bits per heavy atom. The Hall–Kier alpha value is -4.57. The molecule has 5 aromatic rings. The molecule has 7 rings (SSSR count). The van der Waals surface area contributed by atoms with Gasteiger partial charge in [-0.1, -0.05) is 76.2 Å². The van der Waals surface area contributed by atoms with Gasteiger partial charge in [0.2, 0.25) is 0 Å². The number of halogens is 4. The zero-order valence-electron chi connectivity index (χ0n) is 29.5. The minimum absolute atomic E-state index is 0.292. The lowest BCUT2D eigenvalue weighted by molar-refractivity contribution is -0.120. The molecular formula is C41H36Cl4N4O4. The lowest BCUT2D eigenvalue weighted by Crippen LogP contribution is -2.56. The summed E-state index contributed by atoms with van der Waals surface area (Å²) in [6.45, 7) is 9.12. The highest BCUT2D eigenvalue weighted by atomic mass is 35.5. The summed E-state index contributed by atoms with van der Waals surface area (Å²) in [6, 6.07) is 34.2. The van der Waals surface area contributed by atoms with Crippen LogP contribution in [0, 0.1) is 6.92 Å². The van der Waals surface area contributed by atoms with Gasteiger partial charge in [-0.05, 0) is 132 Å². The number of carbonyl (C=O) groups is 3. The van der Waals surface area contributed by atoms with Gasteiger partial charge in [0.25, 0.3) is 5.91 Å². The Balaban J connectivity index is 0.000000188. The zero-order chi connectivity index (χ0) is 38.5. The minimum atomic E-state index is -1.64. The van der Waals surface area contributed by atoms with Crippen LogP contribution < -0.4 is 19.6 Å². The third-order valence-electron chi connectivity index (χ3n) is 9.55. The topological polar surface area (TPSA) is 84.4 Å². The van der Waals surface area contributed by atoms with Gasteiger partial charge in [0, 0.05) is 42.7 Å². The fourth-order valence-electron chi connectivity index (χ4n) is 6.80. The number of imide groups is 1. The van der Waals surface area contributed by atoms with Crippen molar-refractivity contribution in [2.45, 2.75) is 51.4 Å². The highest BCUT2D eigenvalue weighted by molar-refractivity contribution is 6.33. The van der Waals surface area contributed by atoms with Crippen molar-refractivity contribution in [3.05, 3.63) is 153 Å². The first-order valence-corrected chi connectivity index (χ1v) is 18.1. The summed E-state index contributed by atoms with van der Waals surface area (Å²) < 4.78 is 0. The monoisotopic (exact) mass is 788 g/mol. The molecule has 2 heterocycles. The highest BCUT2D eigenvalue weighted by Crippen LogP contribution is 2.51. The van der Waals surface area contributed by atoms with Crippen LogP contribution in [0.2, 0.25) is 20.1 Å². The van der Waals surface area contributed by atoms with E-state index in [2.05, 4.69) is 0 Å². The fraction of sp³-hybridized carbons (Fsp3) is 0.195. The zero-order valence-corrected chi connectivity index (χ0v) is 32.5. The van der Waals surface area contributed by atoms with Gasteiger partial charge in [-0.25, -0.2) is 14.5 Å². The second-order valence-corrected chi connectivity index (χ2v) is 15.5. The number of urea groups is 2. The molecule has 53 heavy (non-hydrogen) atoms. The van der Waals surface area contributed by atoms with Gasteiger partial charge >= 0.3 is 12.1 Å². The third kappa shape index (κ3) is 6.75. The first-order valence-electron chi connectivity index (χ1n) is 16.6. The fourth-order valence-corrected chi connectivity index (χ4v) is 7.30. The van der Waals surface area contributed by atoms with Crippen LogP contribution in [-0.2, 0) is 10.5 Å². The second kappa shape index (κ2) is 14.3. The Morgan fingerprint density at radius 2 is 0.906 bits per heavy atom. The molecule has 0 spiro atoms. The van der Waals surface area contributed by atoms with E-state index < -0.39 is 22.8 Å². The maximum Gasteiger partial charge on any atom is 0.336 e. The summed E-state index contributed by atoms with van der Waals surface area (Å²) in [4.78, 5) is 45.1. The molecular weight excluding hydrogens is 754 g/mol. The predicted molar refractivity (Wildman–Crippen MR) is 215 cm³/mol. The molecule has 272 valence electrons. The van der Waals surface area contributed by atoms with Crippen LogP contribution >= 0.6 is 46.4 Å². The van der Waals surface area contributed by atoms with E-state index >= 15 is 0 Å². The van der Waals surface area contributed by atoms with Crippen molar-refractivity contribution in [1.29, 1.82) is 0 Å². The predicted octanol–water partition coefficient (Wildman–Crippen LogP) is 11.1. The van der Waals surface area contributed by atoms with Crippen molar-refractivity contribution in [2.75, 3.05) is 19.6 Å². The third-order valence-corrected chi connectivity index (χ3v) is 10.6. The summed E-state index contributed by atoms with van der Waals surface area (Å²) in [5, 5.41) is 14.5. The molecule has 2 fully saturated rings. The lowest BCUT2D eigenvalue weighted by Gasteiger charge is -2.42. The van der Waals surface area contributed by atoms with Crippen LogP contribution in [0.5, 0.6) is 0 Å². The Kier molecular flexibility index (Phi) is 10.3.